The van der Waals surface area contributed by atoms with Crippen molar-refractivity contribution in [2.75, 3.05) is 11.9 Å². The van der Waals surface area contributed by atoms with Crippen molar-refractivity contribution in [2.45, 2.75) is 43.2 Å². The largest absolute Gasteiger partial charge is 0.452 e. The van der Waals surface area contributed by atoms with E-state index in [0.29, 0.717) is 27.8 Å². The van der Waals surface area contributed by atoms with Crippen LogP contribution in [0, 0.1) is 24.2 Å². The molecule has 1 aromatic carbocycles. The highest BCUT2D eigenvalue weighted by atomic mass is 32.2. The second-order valence-corrected chi connectivity index (χ2v) is 11.2. The van der Waals surface area contributed by atoms with Crippen LogP contribution in [0.1, 0.15) is 51.0 Å². The minimum atomic E-state index is -0.545. The van der Waals surface area contributed by atoms with E-state index in [9.17, 15) is 14.9 Å². The quantitative estimate of drug-likeness (QED) is 0.338. The lowest BCUT2D eigenvalue weighted by Gasteiger charge is -2.17. The highest BCUT2D eigenvalue weighted by Gasteiger charge is 2.25. The van der Waals surface area contributed by atoms with Crippen molar-refractivity contribution in [1.82, 2.24) is 4.98 Å². The zero-order valence-electron chi connectivity index (χ0n) is 18.3. The molecule has 9 heteroatoms. The summed E-state index contributed by atoms with van der Waals surface area (Å²) in [6, 6.07) is 9.45. The summed E-state index contributed by atoms with van der Waals surface area (Å²) in [5.74, 6) is 0.160. The van der Waals surface area contributed by atoms with Gasteiger partial charge in [-0.1, -0.05) is 36.9 Å². The second kappa shape index (κ2) is 10.5. The Bertz CT molecular complexity index is 1230. The Morgan fingerprint density at radius 3 is 2.94 bits per heavy atom. The fourth-order valence-corrected chi connectivity index (χ4v) is 6.94. The van der Waals surface area contributed by atoms with Gasteiger partial charge in [-0.05, 0) is 49.3 Å². The lowest BCUT2D eigenvalue weighted by atomic mass is 9.89. The molecule has 0 fully saturated rings. The number of fused-ring (bicyclic) bond motifs is 1. The van der Waals surface area contributed by atoms with Crippen molar-refractivity contribution in [3.8, 4) is 6.07 Å². The average Bonchev–Trinajstić information content (AvgIpc) is 3.37. The van der Waals surface area contributed by atoms with E-state index in [1.165, 1.54) is 16.2 Å². The number of amides is 1. The van der Waals surface area contributed by atoms with E-state index in [-0.39, 0.29) is 0 Å². The molecule has 3 aromatic rings. The van der Waals surface area contributed by atoms with Crippen molar-refractivity contribution < 1.29 is 14.3 Å². The molecule has 0 saturated heterocycles. The molecule has 4 rings (SSSR count). The summed E-state index contributed by atoms with van der Waals surface area (Å²) in [5.41, 5.74) is 3.83. The Morgan fingerprint density at radius 2 is 2.18 bits per heavy atom. The molecule has 0 aliphatic heterocycles. The van der Waals surface area contributed by atoms with E-state index >= 15 is 0 Å². The van der Waals surface area contributed by atoms with Crippen molar-refractivity contribution >= 4 is 51.3 Å². The SMILES string of the molecule is Cc1csc(SCc2ccccc2C(=O)OCC(=O)Nc2sc3c(c2C#N)CC[C@H](C)C3)n1. The number of nitriles is 1. The third kappa shape index (κ3) is 5.64. The molecule has 0 unspecified atom stereocenters. The van der Waals surface area contributed by atoms with Crippen LogP contribution in [0.4, 0.5) is 5.00 Å². The first-order chi connectivity index (χ1) is 15.9. The molecule has 0 spiro atoms. The van der Waals surface area contributed by atoms with Crippen LogP contribution >= 0.6 is 34.4 Å². The van der Waals surface area contributed by atoms with Gasteiger partial charge in [0.1, 0.15) is 15.4 Å². The summed E-state index contributed by atoms with van der Waals surface area (Å²) in [4.78, 5) is 30.8. The predicted molar refractivity (Wildman–Crippen MR) is 132 cm³/mol. The third-order valence-electron chi connectivity index (χ3n) is 5.40. The molecule has 1 aliphatic rings. The number of benzene rings is 1. The van der Waals surface area contributed by atoms with E-state index in [0.717, 1.165) is 40.4 Å². The van der Waals surface area contributed by atoms with Crippen LogP contribution in [0.2, 0.25) is 0 Å². The number of hydrogen-bond acceptors (Lipinski definition) is 8. The number of esters is 1. The number of thiophene rings is 1. The lowest BCUT2D eigenvalue weighted by Crippen LogP contribution is -2.21. The van der Waals surface area contributed by atoms with E-state index < -0.39 is 18.5 Å². The molecule has 2 heterocycles. The van der Waals surface area contributed by atoms with Crippen molar-refractivity contribution in [1.29, 1.82) is 5.26 Å². The lowest BCUT2D eigenvalue weighted by molar-refractivity contribution is -0.119. The predicted octanol–water partition coefficient (Wildman–Crippen LogP) is 5.60. The molecule has 6 nitrogen and oxygen atoms in total. The van der Waals surface area contributed by atoms with Gasteiger partial charge in [0.25, 0.3) is 5.91 Å². The van der Waals surface area contributed by atoms with E-state index in [1.54, 1.807) is 35.2 Å². The highest BCUT2D eigenvalue weighted by molar-refractivity contribution is 8.00. The number of nitrogens with one attached hydrogen (secondary N) is 1. The molecule has 1 atom stereocenters. The maximum absolute atomic E-state index is 12.7. The second-order valence-electron chi connectivity index (χ2n) is 7.99. The number of carbonyl (C=O) groups is 2. The zero-order chi connectivity index (χ0) is 23.4. The van der Waals surface area contributed by atoms with E-state index in [1.807, 2.05) is 24.4 Å². The Kier molecular flexibility index (Phi) is 7.48. The van der Waals surface area contributed by atoms with Crippen LogP contribution in [0.15, 0.2) is 34.0 Å². The number of aromatic nitrogens is 1. The van der Waals surface area contributed by atoms with Crippen LogP contribution in [-0.4, -0.2) is 23.5 Å². The maximum Gasteiger partial charge on any atom is 0.338 e. The monoisotopic (exact) mass is 497 g/mol. The van der Waals surface area contributed by atoms with Crippen LogP contribution in [0.5, 0.6) is 0 Å². The summed E-state index contributed by atoms with van der Waals surface area (Å²) in [5, 5.41) is 14.9. The highest BCUT2D eigenvalue weighted by Crippen LogP contribution is 2.39. The number of anilines is 1. The number of carbonyl (C=O) groups excluding carboxylic acids is 2. The van der Waals surface area contributed by atoms with Gasteiger partial charge in [-0.25, -0.2) is 9.78 Å². The number of nitrogens with zero attached hydrogens (tertiary/aromatic N) is 2. The molecule has 2 aromatic heterocycles. The summed E-state index contributed by atoms with van der Waals surface area (Å²) < 4.78 is 6.24. The van der Waals surface area contributed by atoms with Gasteiger partial charge >= 0.3 is 5.97 Å². The Balaban J connectivity index is 1.37. The molecular formula is C24H23N3O3S3. The van der Waals surface area contributed by atoms with Gasteiger partial charge in [-0.2, -0.15) is 5.26 Å². The van der Waals surface area contributed by atoms with Gasteiger partial charge in [0.15, 0.2) is 6.61 Å². The fraction of sp³-hybridized carbons (Fsp3) is 0.333. The average molecular weight is 498 g/mol. The molecule has 0 radical (unpaired) electrons. The summed E-state index contributed by atoms with van der Waals surface area (Å²) in [7, 11) is 0. The molecule has 170 valence electrons. The minimum absolute atomic E-state index is 0.407. The first-order valence-electron chi connectivity index (χ1n) is 10.6. The van der Waals surface area contributed by atoms with Gasteiger partial charge in [-0.15, -0.1) is 22.7 Å². The van der Waals surface area contributed by atoms with Crippen LogP contribution < -0.4 is 5.32 Å². The number of ether oxygens (including phenoxy) is 1. The van der Waals surface area contributed by atoms with Crippen LogP contribution in [0.25, 0.3) is 0 Å². The van der Waals surface area contributed by atoms with Gasteiger partial charge in [0.05, 0.1) is 11.1 Å². The Hall–Kier alpha value is -2.67. The molecular weight excluding hydrogens is 474 g/mol. The summed E-state index contributed by atoms with van der Waals surface area (Å²) in [6.07, 6.45) is 2.83. The van der Waals surface area contributed by atoms with E-state index in [2.05, 4.69) is 23.3 Å². The number of hydrogen-bond donors (Lipinski definition) is 1. The molecule has 1 amide bonds. The van der Waals surface area contributed by atoms with Gasteiger partial charge in [0.2, 0.25) is 0 Å². The van der Waals surface area contributed by atoms with Gasteiger partial charge in [0, 0.05) is 21.7 Å². The number of aryl methyl sites for hydroxylation is 1. The first-order valence-corrected chi connectivity index (χ1v) is 13.3. The van der Waals surface area contributed by atoms with Crippen LogP contribution in [0.3, 0.4) is 0 Å². The molecule has 0 bridgehead atoms. The summed E-state index contributed by atoms with van der Waals surface area (Å²) >= 11 is 4.59. The fourth-order valence-electron chi connectivity index (χ4n) is 3.71. The van der Waals surface area contributed by atoms with E-state index in [4.69, 9.17) is 4.74 Å². The van der Waals surface area contributed by atoms with Gasteiger partial charge < -0.3 is 10.1 Å². The summed E-state index contributed by atoms with van der Waals surface area (Å²) in [6.45, 7) is 3.74. The van der Waals surface area contributed by atoms with Gasteiger partial charge in [-0.3, -0.25) is 4.79 Å². The normalized spacial score (nSPS) is 14.9. The van der Waals surface area contributed by atoms with Crippen molar-refractivity contribution in [2.24, 2.45) is 5.92 Å². The zero-order valence-corrected chi connectivity index (χ0v) is 20.8. The maximum atomic E-state index is 12.7. The van der Waals surface area contributed by atoms with Crippen LogP contribution in [-0.2, 0) is 28.1 Å². The molecule has 0 saturated carbocycles. The minimum Gasteiger partial charge on any atom is -0.452 e. The Labute approximate surface area is 205 Å². The smallest absolute Gasteiger partial charge is 0.338 e. The first kappa shape index (κ1) is 23.5. The number of rotatable bonds is 7. The molecule has 1 aliphatic carbocycles. The third-order valence-corrected chi connectivity index (χ3v) is 8.75. The topological polar surface area (TPSA) is 92.1 Å². The molecule has 1 N–H and O–H groups in total. The van der Waals surface area contributed by atoms with Crippen molar-refractivity contribution in [3.63, 3.8) is 0 Å². The number of thioether (sulfide) groups is 1. The van der Waals surface area contributed by atoms with Crippen molar-refractivity contribution in [3.05, 3.63) is 62.5 Å². The molecule has 33 heavy (non-hydrogen) atoms. The Morgan fingerprint density at radius 1 is 1.36 bits per heavy atom. The number of thiazole rings is 1. The standard InChI is InChI=1S/C24H23N3O3S3/c1-14-7-8-18-19(10-25)22(33-20(18)9-14)27-21(28)11-30-23(29)17-6-4-3-5-16(17)13-32-24-26-15(2)12-31-24/h3-6,12,14H,7-9,11,13H2,1-2H3,(H,27,28)/t14-/m0/s1.